The number of fused-ring (bicyclic) bond motifs is 4. The number of amides is 1. The average molecular weight is 245 g/mol. The first-order valence-electron chi connectivity index (χ1n) is 6.47. The molecular formula is C14H15NO3. The van der Waals surface area contributed by atoms with E-state index in [4.69, 9.17) is 9.47 Å². The van der Waals surface area contributed by atoms with Crippen molar-refractivity contribution in [2.24, 2.45) is 0 Å². The first kappa shape index (κ1) is 10.5. The second-order valence-corrected chi connectivity index (χ2v) is 5.10. The van der Waals surface area contributed by atoms with Crippen LogP contribution >= 0.6 is 0 Å². The van der Waals surface area contributed by atoms with Crippen LogP contribution in [0.1, 0.15) is 24.0 Å². The van der Waals surface area contributed by atoms with Crippen LogP contribution in [0.3, 0.4) is 0 Å². The van der Waals surface area contributed by atoms with Crippen LogP contribution in [-0.2, 0) is 26.6 Å². The minimum Gasteiger partial charge on any atom is -0.342 e. The van der Waals surface area contributed by atoms with Crippen LogP contribution in [0.4, 0.5) is 0 Å². The summed E-state index contributed by atoms with van der Waals surface area (Å²) in [6, 6.07) is 8.19. The van der Waals surface area contributed by atoms with Gasteiger partial charge in [-0.25, -0.2) is 0 Å². The number of carbonyl (C=O) groups is 1. The standard InChI is InChI=1S/C14H15NO3/c16-13-6-5-12-14(17-7-8-18-14)11-4-2-1-3-10(11)9-15(12)13/h1-4,12H,5-9H2. The van der Waals surface area contributed by atoms with Gasteiger partial charge in [-0.15, -0.1) is 0 Å². The van der Waals surface area contributed by atoms with Gasteiger partial charge in [-0.1, -0.05) is 24.3 Å². The normalized spacial score (nSPS) is 28.6. The first-order chi connectivity index (χ1) is 8.81. The molecule has 1 spiro atoms. The van der Waals surface area contributed by atoms with Crippen molar-refractivity contribution < 1.29 is 14.3 Å². The molecule has 1 atom stereocenters. The minimum atomic E-state index is -0.707. The predicted octanol–water partition coefficient (Wildman–Crippen LogP) is 1.39. The Hall–Kier alpha value is -1.39. The third-order valence-corrected chi connectivity index (χ3v) is 4.22. The van der Waals surface area contributed by atoms with E-state index in [1.807, 2.05) is 17.0 Å². The summed E-state index contributed by atoms with van der Waals surface area (Å²) in [6.07, 6.45) is 1.43. The molecule has 1 aromatic carbocycles. The van der Waals surface area contributed by atoms with Crippen molar-refractivity contribution in [2.45, 2.75) is 31.2 Å². The number of benzene rings is 1. The van der Waals surface area contributed by atoms with Gasteiger partial charge in [0.1, 0.15) is 0 Å². The Morgan fingerprint density at radius 1 is 1.22 bits per heavy atom. The molecule has 3 heterocycles. The number of nitrogens with zero attached hydrogens (tertiary/aromatic N) is 1. The van der Waals surface area contributed by atoms with Crippen LogP contribution in [0.15, 0.2) is 24.3 Å². The molecule has 18 heavy (non-hydrogen) atoms. The summed E-state index contributed by atoms with van der Waals surface area (Å²) >= 11 is 0. The minimum absolute atomic E-state index is 0.0439. The lowest BCUT2D eigenvalue weighted by molar-refractivity contribution is -0.214. The van der Waals surface area contributed by atoms with Gasteiger partial charge in [0, 0.05) is 18.5 Å². The smallest absolute Gasteiger partial charge is 0.223 e. The van der Waals surface area contributed by atoms with E-state index in [0.29, 0.717) is 26.2 Å². The quantitative estimate of drug-likeness (QED) is 0.693. The number of carbonyl (C=O) groups excluding carboxylic acids is 1. The molecule has 4 rings (SSSR count). The van der Waals surface area contributed by atoms with E-state index in [1.54, 1.807) is 0 Å². The van der Waals surface area contributed by atoms with Crippen LogP contribution in [0.2, 0.25) is 0 Å². The number of ether oxygens (including phenoxy) is 2. The van der Waals surface area contributed by atoms with E-state index in [2.05, 4.69) is 12.1 Å². The fourth-order valence-electron chi connectivity index (χ4n) is 3.46. The molecule has 4 nitrogen and oxygen atoms in total. The Morgan fingerprint density at radius 3 is 2.83 bits per heavy atom. The molecule has 0 saturated carbocycles. The van der Waals surface area contributed by atoms with E-state index in [0.717, 1.165) is 17.5 Å². The zero-order valence-corrected chi connectivity index (χ0v) is 10.1. The Morgan fingerprint density at radius 2 is 2.00 bits per heavy atom. The molecule has 94 valence electrons. The number of hydrogen-bond acceptors (Lipinski definition) is 3. The van der Waals surface area contributed by atoms with Gasteiger partial charge in [0.15, 0.2) is 0 Å². The van der Waals surface area contributed by atoms with Crippen LogP contribution in [0.25, 0.3) is 0 Å². The van der Waals surface area contributed by atoms with Gasteiger partial charge in [0.05, 0.1) is 19.3 Å². The lowest BCUT2D eigenvalue weighted by Gasteiger charge is -2.44. The van der Waals surface area contributed by atoms with Gasteiger partial charge in [-0.3, -0.25) is 4.79 Å². The molecule has 1 aromatic rings. The van der Waals surface area contributed by atoms with E-state index in [9.17, 15) is 4.79 Å². The van der Waals surface area contributed by atoms with Crippen LogP contribution in [-0.4, -0.2) is 30.1 Å². The summed E-state index contributed by atoms with van der Waals surface area (Å²) < 4.78 is 11.9. The van der Waals surface area contributed by atoms with Crippen molar-refractivity contribution in [3.05, 3.63) is 35.4 Å². The maximum atomic E-state index is 12.0. The Labute approximate surface area is 105 Å². The Kier molecular flexibility index (Phi) is 2.08. The molecule has 1 amide bonds. The molecule has 0 radical (unpaired) electrons. The molecule has 0 aliphatic carbocycles. The average Bonchev–Trinajstić information content (AvgIpc) is 3.00. The summed E-state index contributed by atoms with van der Waals surface area (Å²) in [6.45, 7) is 1.90. The third-order valence-electron chi connectivity index (χ3n) is 4.22. The summed E-state index contributed by atoms with van der Waals surface area (Å²) in [4.78, 5) is 13.9. The molecular weight excluding hydrogens is 230 g/mol. The lowest BCUT2D eigenvalue weighted by atomic mass is 9.88. The highest BCUT2D eigenvalue weighted by Gasteiger charge is 2.55. The number of hydrogen-bond donors (Lipinski definition) is 0. The van der Waals surface area contributed by atoms with Gasteiger partial charge < -0.3 is 14.4 Å². The van der Waals surface area contributed by atoms with Gasteiger partial charge in [-0.2, -0.15) is 0 Å². The number of rotatable bonds is 0. The SMILES string of the molecule is O=C1CCC2N1Cc1ccccc1C21OCCO1. The first-order valence-corrected chi connectivity index (χ1v) is 6.47. The van der Waals surface area contributed by atoms with Crippen molar-refractivity contribution in [1.82, 2.24) is 4.90 Å². The molecule has 2 fully saturated rings. The Balaban J connectivity index is 1.90. The fraction of sp³-hybridized carbons (Fsp3) is 0.500. The van der Waals surface area contributed by atoms with Crippen molar-refractivity contribution in [2.75, 3.05) is 13.2 Å². The second-order valence-electron chi connectivity index (χ2n) is 5.10. The summed E-state index contributed by atoms with van der Waals surface area (Å²) in [7, 11) is 0. The molecule has 0 bridgehead atoms. The molecule has 4 heteroatoms. The van der Waals surface area contributed by atoms with Gasteiger partial charge in [0.2, 0.25) is 11.7 Å². The topological polar surface area (TPSA) is 38.8 Å². The molecule has 1 unspecified atom stereocenters. The summed E-state index contributed by atoms with van der Waals surface area (Å²) in [5.41, 5.74) is 2.25. The maximum absolute atomic E-state index is 12.0. The van der Waals surface area contributed by atoms with Crippen LogP contribution in [0, 0.1) is 0 Å². The van der Waals surface area contributed by atoms with E-state index in [1.165, 1.54) is 0 Å². The zero-order valence-electron chi connectivity index (χ0n) is 10.1. The molecule has 3 aliphatic heterocycles. The highest BCUT2D eigenvalue weighted by atomic mass is 16.7. The maximum Gasteiger partial charge on any atom is 0.223 e. The molecule has 0 aromatic heterocycles. The third kappa shape index (κ3) is 1.19. The van der Waals surface area contributed by atoms with Gasteiger partial charge in [0.25, 0.3) is 0 Å². The van der Waals surface area contributed by atoms with Crippen molar-refractivity contribution in [3.8, 4) is 0 Å². The van der Waals surface area contributed by atoms with Gasteiger partial charge in [-0.05, 0) is 12.0 Å². The van der Waals surface area contributed by atoms with Crippen molar-refractivity contribution in [1.29, 1.82) is 0 Å². The van der Waals surface area contributed by atoms with E-state index >= 15 is 0 Å². The Bertz CT molecular complexity index is 508. The summed E-state index contributed by atoms with van der Waals surface area (Å²) in [5.74, 6) is -0.492. The molecule has 3 aliphatic rings. The monoisotopic (exact) mass is 245 g/mol. The van der Waals surface area contributed by atoms with E-state index in [-0.39, 0.29) is 11.9 Å². The zero-order chi connectivity index (χ0) is 12.2. The van der Waals surface area contributed by atoms with Crippen LogP contribution in [0.5, 0.6) is 0 Å². The summed E-state index contributed by atoms with van der Waals surface area (Å²) in [5, 5.41) is 0. The van der Waals surface area contributed by atoms with Crippen molar-refractivity contribution in [3.63, 3.8) is 0 Å². The molecule has 2 saturated heterocycles. The van der Waals surface area contributed by atoms with Gasteiger partial charge >= 0.3 is 0 Å². The lowest BCUT2D eigenvalue weighted by Crippen LogP contribution is -2.53. The van der Waals surface area contributed by atoms with E-state index < -0.39 is 5.79 Å². The van der Waals surface area contributed by atoms with Crippen LogP contribution < -0.4 is 0 Å². The predicted molar refractivity (Wildman–Crippen MR) is 63.6 cm³/mol. The largest absolute Gasteiger partial charge is 0.342 e. The fourth-order valence-corrected chi connectivity index (χ4v) is 3.46. The highest BCUT2D eigenvalue weighted by Crippen LogP contribution is 2.47. The second kappa shape index (κ2) is 3.56. The molecule has 0 N–H and O–H groups in total. The van der Waals surface area contributed by atoms with Crippen molar-refractivity contribution >= 4 is 5.91 Å². The highest BCUT2D eigenvalue weighted by molar-refractivity contribution is 5.79.